The molecule has 2 aromatic carbocycles. The molecule has 0 bridgehead atoms. The molecule has 1 heterocycles. The van der Waals surface area contributed by atoms with Gasteiger partial charge >= 0.3 is 0 Å². The molecule has 1 atom stereocenters. The largest absolute Gasteiger partial charge is 0.504 e. The van der Waals surface area contributed by atoms with Crippen LogP contribution in [0, 0.1) is 13.8 Å². The predicted molar refractivity (Wildman–Crippen MR) is 98.0 cm³/mol. The third kappa shape index (κ3) is 2.96. The van der Waals surface area contributed by atoms with Crippen LogP contribution in [0.5, 0.6) is 11.5 Å². The van der Waals surface area contributed by atoms with Crippen LogP contribution in [0.4, 0.5) is 0 Å². The number of aryl methyl sites for hydroxylation is 2. The predicted octanol–water partition coefficient (Wildman–Crippen LogP) is 2.30. The van der Waals surface area contributed by atoms with Gasteiger partial charge in [-0.3, -0.25) is 0 Å². The van der Waals surface area contributed by atoms with Crippen molar-refractivity contribution < 1.29 is 23.4 Å². The number of benzene rings is 2. The zero-order valence-electron chi connectivity index (χ0n) is 15.1. The van der Waals surface area contributed by atoms with Gasteiger partial charge in [0.25, 0.3) is 0 Å². The van der Waals surface area contributed by atoms with Gasteiger partial charge < -0.3 is 14.9 Å². The maximum Gasteiger partial charge on any atom is 0.243 e. The summed E-state index contributed by atoms with van der Waals surface area (Å²) >= 11 is 0. The van der Waals surface area contributed by atoms with E-state index in [1.807, 2.05) is 19.9 Å². The molecule has 2 aromatic rings. The summed E-state index contributed by atoms with van der Waals surface area (Å²) in [5.74, 6) is 0.196. The molecule has 0 saturated heterocycles. The van der Waals surface area contributed by atoms with E-state index in [9.17, 15) is 18.6 Å². The van der Waals surface area contributed by atoms with Crippen molar-refractivity contribution in [2.45, 2.75) is 31.2 Å². The van der Waals surface area contributed by atoms with Crippen LogP contribution in [0.1, 0.15) is 28.3 Å². The number of aliphatic hydroxyl groups excluding tert-OH is 1. The first-order chi connectivity index (χ1) is 12.3. The van der Waals surface area contributed by atoms with Gasteiger partial charge in [0, 0.05) is 12.1 Å². The second-order valence-corrected chi connectivity index (χ2v) is 8.42. The highest BCUT2D eigenvalue weighted by molar-refractivity contribution is 7.89. The van der Waals surface area contributed by atoms with Gasteiger partial charge in [-0.15, -0.1) is 0 Å². The summed E-state index contributed by atoms with van der Waals surface area (Å²) < 4.78 is 32.7. The van der Waals surface area contributed by atoms with E-state index in [4.69, 9.17) is 4.74 Å². The smallest absolute Gasteiger partial charge is 0.243 e. The standard InChI is InChI=1S/C19H23NO5S/c1-12-4-6-15(7-5-12)26(23,24)20-9-8-14-10-13(2)19(25-3)18(22)17(14)16(20)11-21/h4-7,10,16,21-22H,8-9,11H2,1-3H3. The van der Waals surface area contributed by atoms with E-state index in [0.717, 1.165) is 16.7 Å². The maximum atomic E-state index is 13.1. The second kappa shape index (κ2) is 6.90. The minimum Gasteiger partial charge on any atom is -0.504 e. The summed E-state index contributed by atoms with van der Waals surface area (Å²) in [6.45, 7) is 3.51. The number of phenols is 1. The van der Waals surface area contributed by atoms with Crippen molar-refractivity contribution in [2.75, 3.05) is 20.3 Å². The van der Waals surface area contributed by atoms with Gasteiger partial charge in [-0.2, -0.15) is 4.31 Å². The lowest BCUT2D eigenvalue weighted by Gasteiger charge is -2.36. The minimum atomic E-state index is -3.81. The molecule has 0 fully saturated rings. The summed E-state index contributed by atoms with van der Waals surface area (Å²) in [4.78, 5) is 0.170. The van der Waals surface area contributed by atoms with Crippen molar-refractivity contribution in [3.8, 4) is 11.5 Å². The third-order valence-corrected chi connectivity index (χ3v) is 6.77. The fourth-order valence-corrected chi connectivity index (χ4v) is 5.14. The molecule has 7 heteroatoms. The number of sulfonamides is 1. The number of fused-ring (bicyclic) bond motifs is 1. The topological polar surface area (TPSA) is 87.1 Å². The Hall–Kier alpha value is -2.09. The average Bonchev–Trinajstić information content (AvgIpc) is 2.61. The van der Waals surface area contributed by atoms with Gasteiger partial charge in [-0.25, -0.2) is 8.42 Å². The lowest BCUT2D eigenvalue weighted by molar-refractivity contribution is 0.176. The molecule has 0 spiro atoms. The van der Waals surface area contributed by atoms with Gasteiger partial charge in [0.2, 0.25) is 10.0 Å². The Bertz CT molecular complexity index is 922. The van der Waals surface area contributed by atoms with E-state index < -0.39 is 22.7 Å². The van der Waals surface area contributed by atoms with E-state index in [-0.39, 0.29) is 17.2 Å². The summed E-state index contributed by atoms with van der Waals surface area (Å²) in [6.07, 6.45) is 0.454. The molecule has 6 nitrogen and oxygen atoms in total. The Morgan fingerprint density at radius 1 is 1.23 bits per heavy atom. The van der Waals surface area contributed by atoms with Crippen LogP contribution in [0.25, 0.3) is 0 Å². The number of aliphatic hydroxyl groups is 1. The van der Waals surface area contributed by atoms with Crippen LogP contribution in [0.3, 0.4) is 0 Å². The molecule has 0 radical (unpaired) electrons. The van der Waals surface area contributed by atoms with Gasteiger partial charge in [0.05, 0.1) is 24.7 Å². The number of hydrogen-bond donors (Lipinski definition) is 2. The first kappa shape index (κ1) is 18.7. The number of hydrogen-bond acceptors (Lipinski definition) is 5. The Kier molecular flexibility index (Phi) is 4.96. The van der Waals surface area contributed by atoms with Crippen LogP contribution in [0.15, 0.2) is 35.2 Å². The van der Waals surface area contributed by atoms with Gasteiger partial charge in [-0.05, 0) is 43.5 Å². The molecule has 1 aliphatic rings. The molecular formula is C19H23NO5S. The number of nitrogens with zero attached hydrogens (tertiary/aromatic N) is 1. The van der Waals surface area contributed by atoms with E-state index >= 15 is 0 Å². The highest BCUT2D eigenvalue weighted by Crippen LogP contribution is 2.44. The minimum absolute atomic E-state index is 0.106. The van der Waals surface area contributed by atoms with Crippen molar-refractivity contribution in [3.05, 3.63) is 52.6 Å². The molecule has 0 amide bonds. The Morgan fingerprint density at radius 3 is 2.46 bits per heavy atom. The summed E-state index contributed by atoms with van der Waals surface area (Å²) in [5, 5.41) is 20.6. The zero-order valence-corrected chi connectivity index (χ0v) is 15.9. The van der Waals surface area contributed by atoms with Gasteiger partial charge in [0.15, 0.2) is 11.5 Å². The molecule has 3 rings (SSSR count). The number of aromatic hydroxyl groups is 1. The normalized spacial score (nSPS) is 17.8. The second-order valence-electron chi connectivity index (χ2n) is 6.53. The zero-order chi connectivity index (χ0) is 19.1. The van der Waals surface area contributed by atoms with E-state index in [2.05, 4.69) is 0 Å². The average molecular weight is 377 g/mol. The Balaban J connectivity index is 2.11. The fraction of sp³-hybridized carbons (Fsp3) is 0.368. The van der Waals surface area contributed by atoms with Crippen molar-refractivity contribution in [1.82, 2.24) is 4.31 Å². The number of ether oxygens (including phenoxy) is 1. The Labute approximate surface area is 153 Å². The van der Waals surface area contributed by atoms with E-state index in [1.165, 1.54) is 11.4 Å². The molecule has 1 unspecified atom stereocenters. The molecule has 0 saturated carbocycles. The molecule has 0 aromatic heterocycles. The summed E-state index contributed by atoms with van der Waals surface area (Å²) in [5.41, 5.74) is 2.98. The van der Waals surface area contributed by atoms with E-state index in [0.29, 0.717) is 17.7 Å². The first-order valence-corrected chi connectivity index (χ1v) is 9.84. The molecule has 2 N–H and O–H groups in total. The highest BCUT2D eigenvalue weighted by Gasteiger charge is 2.38. The molecule has 0 aliphatic carbocycles. The maximum absolute atomic E-state index is 13.1. The molecular weight excluding hydrogens is 354 g/mol. The number of methoxy groups -OCH3 is 1. The fourth-order valence-electron chi connectivity index (χ4n) is 3.55. The van der Waals surface area contributed by atoms with Gasteiger partial charge in [0.1, 0.15) is 0 Å². The van der Waals surface area contributed by atoms with Crippen molar-refractivity contribution in [3.63, 3.8) is 0 Å². The lowest BCUT2D eigenvalue weighted by atomic mass is 9.91. The third-order valence-electron chi connectivity index (χ3n) is 4.85. The summed E-state index contributed by atoms with van der Waals surface area (Å²) in [7, 11) is -2.36. The lowest BCUT2D eigenvalue weighted by Crippen LogP contribution is -2.41. The van der Waals surface area contributed by atoms with Crippen LogP contribution < -0.4 is 4.74 Å². The number of phenolic OH excluding ortho intramolecular Hbond substituents is 1. The van der Waals surface area contributed by atoms with Crippen LogP contribution >= 0.6 is 0 Å². The van der Waals surface area contributed by atoms with Gasteiger partial charge in [-0.1, -0.05) is 23.8 Å². The van der Waals surface area contributed by atoms with E-state index in [1.54, 1.807) is 24.3 Å². The highest BCUT2D eigenvalue weighted by atomic mass is 32.2. The van der Waals surface area contributed by atoms with Crippen molar-refractivity contribution >= 4 is 10.0 Å². The quantitative estimate of drug-likeness (QED) is 0.854. The molecule has 26 heavy (non-hydrogen) atoms. The Morgan fingerprint density at radius 2 is 1.88 bits per heavy atom. The van der Waals surface area contributed by atoms with Crippen LogP contribution in [-0.4, -0.2) is 43.2 Å². The van der Waals surface area contributed by atoms with Crippen molar-refractivity contribution in [2.24, 2.45) is 0 Å². The van der Waals surface area contributed by atoms with Crippen molar-refractivity contribution in [1.29, 1.82) is 0 Å². The van der Waals surface area contributed by atoms with Crippen LogP contribution in [0.2, 0.25) is 0 Å². The monoisotopic (exact) mass is 377 g/mol. The molecule has 1 aliphatic heterocycles. The summed E-state index contributed by atoms with van der Waals surface area (Å²) in [6, 6.07) is 7.62. The SMILES string of the molecule is COc1c(C)cc2c(c1O)C(CO)N(S(=O)(=O)c1ccc(C)cc1)CC2. The first-order valence-electron chi connectivity index (χ1n) is 8.40. The van der Waals surface area contributed by atoms with Crippen LogP contribution in [-0.2, 0) is 16.4 Å². The molecule has 140 valence electrons. The number of rotatable bonds is 4.